The lowest BCUT2D eigenvalue weighted by molar-refractivity contribution is 0.143. The van der Waals surface area contributed by atoms with E-state index in [1.54, 1.807) is 7.11 Å². The summed E-state index contributed by atoms with van der Waals surface area (Å²) in [6.45, 7) is 2.47. The van der Waals surface area contributed by atoms with E-state index >= 15 is 0 Å². The minimum Gasteiger partial charge on any atom is -0.391 e. The van der Waals surface area contributed by atoms with E-state index in [4.69, 9.17) is 10.5 Å². The zero-order valence-corrected chi connectivity index (χ0v) is 9.98. The normalized spacial score (nSPS) is 20.5. The topological polar surface area (TPSA) is 84.2 Å². The van der Waals surface area contributed by atoms with Gasteiger partial charge in [0.05, 0.1) is 12.9 Å². The van der Waals surface area contributed by atoms with Gasteiger partial charge in [-0.2, -0.15) is 0 Å². The van der Waals surface area contributed by atoms with Crippen LogP contribution in [0, 0.1) is 5.92 Å². The van der Waals surface area contributed by atoms with Crippen LogP contribution in [-0.2, 0) is 4.74 Å². The van der Waals surface area contributed by atoms with Gasteiger partial charge in [0.1, 0.15) is 5.69 Å². The summed E-state index contributed by atoms with van der Waals surface area (Å²) in [5.74, 6) is 1.07. The zero-order chi connectivity index (χ0) is 12.3. The molecule has 1 aliphatic rings. The number of nitrogens with one attached hydrogen (secondary N) is 1. The van der Waals surface area contributed by atoms with Crippen molar-refractivity contribution in [1.82, 2.24) is 9.97 Å². The number of nitrogens with two attached hydrogens (primary N) is 1. The second-order valence-electron chi connectivity index (χ2n) is 4.38. The van der Waals surface area contributed by atoms with Crippen LogP contribution in [-0.4, -0.2) is 36.8 Å². The van der Waals surface area contributed by atoms with E-state index in [1.807, 2.05) is 0 Å². The van der Waals surface area contributed by atoms with Crippen molar-refractivity contribution in [2.45, 2.75) is 12.8 Å². The van der Waals surface area contributed by atoms with Crippen molar-refractivity contribution in [2.75, 3.05) is 37.4 Å². The van der Waals surface area contributed by atoms with E-state index in [2.05, 4.69) is 14.9 Å². The number of H-pyrrole nitrogens is 1. The molecular weight excluding hydrogens is 220 g/mol. The monoisotopic (exact) mass is 238 g/mol. The molecule has 94 valence electrons. The molecule has 0 aromatic carbocycles. The van der Waals surface area contributed by atoms with E-state index in [1.165, 1.54) is 6.33 Å². The second kappa shape index (κ2) is 5.18. The van der Waals surface area contributed by atoms with Crippen LogP contribution < -0.4 is 16.2 Å². The van der Waals surface area contributed by atoms with Crippen molar-refractivity contribution in [3.63, 3.8) is 0 Å². The van der Waals surface area contributed by atoms with E-state index in [-0.39, 0.29) is 11.2 Å². The third kappa shape index (κ3) is 2.58. The highest BCUT2D eigenvalue weighted by Crippen LogP contribution is 2.23. The Kier molecular flexibility index (Phi) is 3.63. The number of aromatic nitrogens is 2. The molecule has 6 nitrogen and oxygen atoms in total. The predicted octanol–water partition coefficient (Wildman–Crippen LogP) is 0.215. The molecule has 1 fully saturated rings. The van der Waals surface area contributed by atoms with Gasteiger partial charge < -0.3 is 20.4 Å². The lowest BCUT2D eigenvalue weighted by Gasteiger charge is -2.33. The van der Waals surface area contributed by atoms with Gasteiger partial charge in [0.2, 0.25) is 0 Å². The molecule has 1 saturated heterocycles. The van der Waals surface area contributed by atoms with Crippen LogP contribution in [0.15, 0.2) is 11.1 Å². The maximum Gasteiger partial charge on any atom is 0.276 e. The number of anilines is 2. The number of methoxy groups -OCH3 is 1. The van der Waals surface area contributed by atoms with Crippen LogP contribution >= 0.6 is 0 Å². The van der Waals surface area contributed by atoms with Crippen molar-refractivity contribution < 1.29 is 4.74 Å². The Bertz CT molecular complexity index is 430. The lowest BCUT2D eigenvalue weighted by Crippen LogP contribution is -2.38. The summed E-state index contributed by atoms with van der Waals surface area (Å²) >= 11 is 0. The minimum absolute atomic E-state index is 0.200. The molecule has 0 amide bonds. The molecule has 2 rings (SSSR count). The Morgan fingerprint density at radius 1 is 1.71 bits per heavy atom. The average Bonchev–Trinajstić information content (AvgIpc) is 2.33. The van der Waals surface area contributed by atoms with Gasteiger partial charge in [-0.25, -0.2) is 4.98 Å². The van der Waals surface area contributed by atoms with Gasteiger partial charge in [0, 0.05) is 20.2 Å². The Labute approximate surface area is 99.8 Å². The number of rotatable bonds is 3. The molecule has 3 N–H and O–H groups in total. The summed E-state index contributed by atoms with van der Waals surface area (Å²) in [6.07, 6.45) is 3.61. The maximum absolute atomic E-state index is 11.4. The first kappa shape index (κ1) is 11.9. The van der Waals surface area contributed by atoms with Gasteiger partial charge >= 0.3 is 0 Å². The SMILES string of the molecule is COCC1CCCN(c2nc[nH]c(=O)c2N)C1. The summed E-state index contributed by atoms with van der Waals surface area (Å²) in [7, 11) is 1.71. The number of nitrogens with zero attached hydrogens (tertiary/aromatic N) is 2. The first-order valence-electron chi connectivity index (χ1n) is 5.79. The van der Waals surface area contributed by atoms with Crippen LogP contribution in [0.5, 0.6) is 0 Å². The second-order valence-corrected chi connectivity index (χ2v) is 4.38. The Balaban J connectivity index is 2.16. The molecule has 1 aromatic rings. The maximum atomic E-state index is 11.4. The van der Waals surface area contributed by atoms with Crippen molar-refractivity contribution in [2.24, 2.45) is 5.92 Å². The van der Waals surface area contributed by atoms with Crippen molar-refractivity contribution in [3.8, 4) is 0 Å². The first-order valence-corrected chi connectivity index (χ1v) is 5.79. The molecular formula is C11H18N4O2. The third-order valence-corrected chi connectivity index (χ3v) is 3.09. The lowest BCUT2D eigenvalue weighted by atomic mass is 9.99. The van der Waals surface area contributed by atoms with Crippen molar-refractivity contribution >= 4 is 11.5 Å². The highest BCUT2D eigenvalue weighted by Gasteiger charge is 2.22. The van der Waals surface area contributed by atoms with E-state index in [9.17, 15) is 4.79 Å². The molecule has 6 heteroatoms. The molecule has 0 aliphatic carbocycles. The average molecular weight is 238 g/mol. The van der Waals surface area contributed by atoms with Crippen LogP contribution in [0.1, 0.15) is 12.8 Å². The van der Waals surface area contributed by atoms with Gasteiger partial charge in [-0.15, -0.1) is 0 Å². The molecule has 2 heterocycles. The molecule has 0 bridgehead atoms. The molecule has 1 atom stereocenters. The highest BCUT2D eigenvalue weighted by atomic mass is 16.5. The van der Waals surface area contributed by atoms with Gasteiger partial charge in [-0.05, 0) is 18.8 Å². The predicted molar refractivity (Wildman–Crippen MR) is 66.1 cm³/mol. The van der Waals surface area contributed by atoms with Crippen LogP contribution in [0.4, 0.5) is 11.5 Å². The first-order chi connectivity index (χ1) is 8.22. The van der Waals surface area contributed by atoms with Crippen molar-refractivity contribution in [3.05, 3.63) is 16.7 Å². The fraction of sp³-hybridized carbons (Fsp3) is 0.636. The van der Waals surface area contributed by atoms with Crippen LogP contribution in [0.25, 0.3) is 0 Å². The summed E-state index contributed by atoms with van der Waals surface area (Å²) < 4.78 is 5.17. The number of aromatic amines is 1. The molecule has 0 saturated carbocycles. The fourth-order valence-corrected chi connectivity index (χ4v) is 2.28. The number of piperidine rings is 1. The number of ether oxygens (including phenoxy) is 1. The van der Waals surface area contributed by atoms with Gasteiger partial charge in [-0.1, -0.05) is 0 Å². The fourth-order valence-electron chi connectivity index (χ4n) is 2.28. The summed E-state index contributed by atoms with van der Waals surface area (Å²) in [5.41, 5.74) is 5.68. The summed E-state index contributed by atoms with van der Waals surface area (Å²) in [4.78, 5) is 20.1. The van der Waals surface area contributed by atoms with E-state index in [0.29, 0.717) is 11.7 Å². The molecule has 17 heavy (non-hydrogen) atoms. The zero-order valence-electron chi connectivity index (χ0n) is 9.98. The summed E-state index contributed by atoms with van der Waals surface area (Å²) in [6, 6.07) is 0. The van der Waals surface area contributed by atoms with Gasteiger partial charge in [0.15, 0.2) is 5.82 Å². The van der Waals surface area contributed by atoms with E-state index < -0.39 is 0 Å². The quantitative estimate of drug-likeness (QED) is 0.786. The smallest absolute Gasteiger partial charge is 0.276 e. The number of hydrogen-bond donors (Lipinski definition) is 2. The number of nitrogen functional groups attached to an aromatic ring is 1. The van der Waals surface area contributed by atoms with Gasteiger partial charge in [-0.3, -0.25) is 4.79 Å². The molecule has 1 unspecified atom stereocenters. The highest BCUT2D eigenvalue weighted by molar-refractivity contribution is 5.60. The Morgan fingerprint density at radius 3 is 3.29 bits per heavy atom. The molecule has 1 aliphatic heterocycles. The molecule has 1 aromatic heterocycles. The largest absolute Gasteiger partial charge is 0.391 e. The minimum atomic E-state index is -0.274. The van der Waals surface area contributed by atoms with Crippen molar-refractivity contribution in [1.29, 1.82) is 0 Å². The van der Waals surface area contributed by atoms with Crippen LogP contribution in [0.2, 0.25) is 0 Å². The third-order valence-electron chi connectivity index (χ3n) is 3.09. The number of hydrogen-bond acceptors (Lipinski definition) is 5. The molecule has 0 radical (unpaired) electrons. The summed E-state index contributed by atoms with van der Waals surface area (Å²) in [5, 5.41) is 0. The Hall–Kier alpha value is -1.56. The van der Waals surface area contributed by atoms with Gasteiger partial charge in [0.25, 0.3) is 5.56 Å². The standard InChI is InChI=1S/C11H18N4O2/c1-17-6-8-3-2-4-15(5-8)10-9(12)11(16)14-7-13-10/h7-8H,2-6,12H2,1H3,(H,13,14,16). The Morgan fingerprint density at radius 2 is 2.53 bits per heavy atom. The van der Waals surface area contributed by atoms with E-state index in [0.717, 1.165) is 32.5 Å². The molecule has 0 spiro atoms. The van der Waals surface area contributed by atoms with Crippen LogP contribution in [0.3, 0.4) is 0 Å².